The average molecular weight is 259 g/mol. The highest BCUT2D eigenvalue weighted by molar-refractivity contribution is 7.89. The number of halogens is 1. The summed E-state index contributed by atoms with van der Waals surface area (Å²) in [5, 5.41) is 0.285. The van der Waals surface area contributed by atoms with Gasteiger partial charge in [-0.05, 0) is 31.4 Å². The molecular formula is C11H13ClNO2S. The molecule has 1 fully saturated rings. The highest BCUT2D eigenvalue weighted by Crippen LogP contribution is 2.25. The normalized spacial score (nSPS) is 18.6. The van der Waals surface area contributed by atoms with Crippen molar-refractivity contribution in [1.29, 1.82) is 0 Å². The van der Waals surface area contributed by atoms with Crippen molar-refractivity contribution >= 4 is 21.6 Å². The molecule has 1 heterocycles. The Bertz CT molecular complexity index is 467. The quantitative estimate of drug-likeness (QED) is 0.817. The van der Waals surface area contributed by atoms with Gasteiger partial charge in [0.25, 0.3) is 0 Å². The topological polar surface area (TPSA) is 37.4 Å². The van der Waals surface area contributed by atoms with Crippen molar-refractivity contribution in [1.82, 2.24) is 4.31 Å². The number of hydrogen-bond acceptors (Lipinski definition) is 2. The van der Waals surface area contributed by atoms with Crippen LogP contribution in [0.4, 0.5) is 0 Å². The first-order chi connectivity index (χ1) is 7.62. The third-order valence-electron chi connectivity index (χ3n) is 2.60. The van der Waals surface area contributed by atoms with E-state index in [9.17, 15) is 8.42 Å². The predicted octanol–water partition coefficient (Wildman–Crippen LogP) is 2.33. The van der Waals surface area contributed by atoms with Crippen LogP contribution in [0, 0.1) is 6.42 Å². The van der Waals surface area contributed by atoms with Crippen LogP contribution in [0.1, 0.15) is 12.8 Å². The minimum Gasteiger partial charge on any atom is -0.207 e. The Kier molecular flexibility index (Phi) is 3.52. The van der Waals surface area contributed by atoms with Gasteiger partial charge in [0.1, 0.15) is 4.90 Å². The van der Waals surface area contributed by atoms with E-state index >= 15 is 0 Å². The van der Waals surface area contributed by atoms with Crippen molar-refractivity contribution in [2.75, 3.05) is 13.1 Å². The number of benzene rings is 1. The molecule has 5 heteroatoms. The number of hydrogen-bond donors (Lipinski definition) is 0. The molecule has 1 aromatic rings. The van der Waals surface area contributed by atoms with E-state index in [1.54, 1.807) is 24.3 Å². The van der Waals surface area contributed by atoms with E-state index in [1.165, 1.54) is 4.31 Å². The molecule has 0 amide bonds. The van der Waals surface area contributed by atoms with E-state index in [4.69, 9.17) is 11.6 Å². The zero-order valence-corrected chi connectivity index (χ0v) is 10.3. The average Bonchev–Trinajstić information content (AvgIpc) is 2.30. The van der Waals surface area contributed by atoms with Crippen molar-refractivity contribution < 1.29 is 8.42 Å². The lowest BCUT2D eigenvalue weighted by Gasteiger charge is -2.25. The lowest BCUT2D eigenvalue weighted by Crippen LogP contribution is -2.36. The third-order valence-corrected chi connectivity index (χ3v) is 4.97. The zero-order chi connectivity index (χ0) is 11.6. The fraction of sp³-hybridized carbons (Fsp3) is 0.364. The number of nitrogens with zero attached hydrogens (tertiary/aromatic N) is 1. The van der Waals surface area contributed by atoms with E-state index in [0.29, 0.717) is 13.1 Å². The van der Waals surface area contributed by atoms with Crippen LogP contribution < -0.4 is 0 Å². The van der Waals surface area contributed by atoms with Gasteiger partial charge in [0, 0.05) is 13.1 Å². The molecule has 16 heavy (non-hydrogen) atoms. The first kappa shape index (κ1) is 11.9. The first-order valence-corrected chi connectivity index (χ1v) is 7.00. The van der Waals surface area contributed by atoms with Crippen LogP contribution in [0.2, 0.25) is 5.02 Å². The fourth-order valence-electron chi connectivity index (χ4n) is 1.75. The third kappa shape index (κ3) is 2.24. The maximum Gasteiger partial charge on any atom is 0.244 e. The Labute approximate surface area is 101 Å². The molecule has 0 N–H and O–H groups in total. The first-order valence-electron chi connectivity index (χ1n) is 5.19. The van der Waals surface area contributed by atoms with Gasteiger partial charge in [-0.15, -0.1) is 0 Å². The summed E-state index contributed by atoms with van der Waals surface area (Å²) in [6, 6.07) is 6.56. The summed E-state index contributed by atoms with van der Waals surface area (Å²) in [5.74, 6) is 0. The molecule has 0 unspecified atom stereocenters. The molecule has 0 aromatic heterocycles. The molecule has 1 aliphatic heterocycles. The summed E-state index contributed by atoms with van der Waals surface area (Å²) >= 11 is 5.91. The van der Waals surface area contributed by atoms with Crippen LogP contribution in [-0.2, 0) is 10.0 Å². The monoisotopic (exact) mass is 258 g/mol. The van der Waals surface area contributed by atoms with Crippen LogP contribution >= 0.6 is 11.6 Å². The Balaban J connectivity index is 2.35. The standard InChI is InChI=1S/C11H13ClNO2S/c12-10-6-2-3-7-11(10)16(14,15)13-8-4-1-5-9-13/h2-4,6-7H,1,5,8-9H2. The molecule has 0 bridgehead atoms. The lowest BCUT2D eigenvalue weighted by atomic mass is 10.2. The van der Waals surface area contributed by atoms with Crippen LogP contribution in [0.25, 0.3) is 0 Å². The van der Waals surface area contributed by atoms with E-state index in [2.05, 4.69) is 0 Å². The molecule has 0 atom stereocenters. The van der Waals surface area contributed by atoms with Gasteiger partial charge in [-0.25, -0.2) is 8.42 Å². The molecule has 1 aliphatic rings. The van der Waals surface area contributed by atoms with Gasteiger partial charge in [-0.3, -0.25) is 0 Å². The SMILES string of the molecule is O=S(=O)(c1ccccc1Cl)N1C[CH]CCC1. The molecule has 0 aliphatic carbocycles. The number of sulfonamides is 1. The predicted molar refractivity (Wildman–Crippen MR) is 63.7 cm³/mol. The van der Waals surface area contributed by atoms with Crippen molar-refractivity contribution in [2.45, 2.75) is 17.7 Å². The van der Waals surface area contributed by atoms with Gasteiger partial charge in [0.2, 0.25) is 10.0 Å². The second kappa shape index (κ2) is 4.73. The smallest absolute Gasteiger partial charge is 0.207 e. The largest absolute Gasteiger partial charge is 0.244 e. The van der Waals surface area contributed by atoms with E-state index < -0.39 is 10.0 Å². The van der Waals surface area contributed by atoms with E-state index in [-0.39, 0.29) is 9.92 Å². The van der Waals surface area contributed by atoms with Crippen LogP contribution in [-0.4, -0.2) is 25.8 Å². The van der Waals surface area contributed by atoms with Gasteiger partial charge in [0.15, 0.2) is 0 Å². The molecule has 3 nitrogen and oxygen atoms in total. The maximum atomic E-state index is 12.2. The van der Waals surface area contributed by atoms with Crippen molar-refractivity contribution in [3.63, 3.8) is 0 Å². The minimum absolute atomic E-state index is 0.201. The van der Waals surface area contributed by atoms with Crippen LogP contribution in [0.5, 0.6) is 0 Å². The maximum absolute atomic E-state index is 12.2. The second-order valence-electron chi connectivity index (χ2n) is 3.72. The molecule has 1 radical (unpaired) electrons. The Morgan fingerprint density at radius 2 is 2.00 bits per heavy atom. The van der Waals surface area contributed by atoms with E-state index in [1.807, 2.05) is 6.42 Å². The molecular weight excluding hydrogens is 246 g/mol. The van der Waals surface area contributed by atoms with Gasteiger partial charge < -0.3 is 0 Å². The Morgan fingerprint density at radius 3 is 2.62 bits per heavy atom. The lowest BCUT2D eigenvalue weighted by molar-refractivity contribution is 0.391. The summed E-state index contributed by atoms with van der Waals surface area (Å²) in [5.41, 5.74) is 0. The van der Waals surface area contributed by atoms with Gasteiger partial charge in [-0.1, -0.05) is 23.7 Å². The summed E-state index contributed by atoms with van der Waals surface area (Å²) < 4.78 is 25.9. The van der Waals surface area contributed by atoms with E-state index in [0.717, 1.165) is 12.8 Å². The molecule has 1 saturated heterocycles. The molecule has 1 aromatic carbocycles. The van der Waals surface area contributed by atoms with Crippen LogP contribution in [0.3, 0.4) is 0 Å². The summed E-state index contributed by atoms with van der Waals surface area (Å²) in [6.45, 7) is 1.05. The summed E-state index contributed by atoms with van der Waals surface area (Å²) in [6.07, 6.45) is 3.84. The van der Waals surface area contributed by atoms with Crippen molar-refractivity contribution in [3.8, 4) is 0 Å². The van der Waals surface area contributed by atoms with Gasteiger partial charge in [-0.2, -0.15) is 4.31 Å². The molecule has 2 rings (SSSR count). The number of rotatable bonds is 2. The highest BCUT2D eigenvalue weighted by Gasteiger charge is 2.27. The zero-order valence-electron chi connectivity index (χ0n) is 8.77. The molecule has 0 saturated carbocycles. The summed E-state index contributed by atoms with van der Waals surface area (Å²) in [4.78, 5) is 0.201. The number of piperidine rings is 1. The van der Waals surface area contributed by atoms with Gasteiger partial charge >= 0.3 is 0 Å². The Hall–Kier alpha value is -0.580. The Morgan fingerprint density at radius 1 is 1.25 bits per heavy atom. The highest BCUT2D eigenvalue weighted by atomic mass is 35.5. The van der Waals surface area contributed by atoms with Crippen molar-refractivity contribution in [2.24, 2.45) is 0 Å². The minimum atomic E-state index is -3.42. The second-order valence-corrected chi connectivity index (χ2v) is 6.04. The molecule has 0 spiro atoms. The summed E-state index contributed by atoms with van der Waals surface area (Å²) in [7, 11) is -3.42. The van der Waals surface area contributed by atoms with Crippen LogP contribution in [0.15, 0.2) is 29.2 Å². The molecule has 87 valence electrons. The van der Waals surface area contributed by atoms with Gasteiger partial charge in [0.05, 0.1) is 5.02 Å². The van der Waals surface area contributed by atoms with Crippen molar-refractivity contribution in [3.05, 3.63) is 35.7 Å². The fourth-order valence-corrected chi connectivity index (χ4v) is 3.69.